The van der Waals surface area contributed by atoms with Gasteiger partial charge in [-0.05, 0) is 33.0 Å². The van der Waals surface area contributed by atoms with Gasteiger partial charge in [0, 0.05) is 37.1 Å². The van der Waals surface area contributed by atoms with Gasteiger partial charge in [0.05, 0.1) is 17.9 Å². The van der Waals surface area contributed by atoms with E-state index in [2.05, 4.69) is 35.2 Å². The van der Waals surface area contributed by atoms with Crippen molar-refractivity contribution in [2.75, 3.05) is 13.6 Å². The van der Waals surface area contributed by atoms with Crippen LogP contribution in [-0.2, 0) is 13.1 Å². The van der Waals surface area contributed by atoms with Crippen molar-refractivity contribution in [1.82, 2.24) is 19.7 Å². The first-order chi connectivity index (χ1) is 9.63. The minimum atomic E-state index is 0.164. The molecule has 1 atom stereocenters. The van der Waals surface area contributed by atoms with Crippen LogP contribution in [0.5, 0.6) is 0 Å². The summed E-state index contributed by atoms with van der Waals surface area (Å²) in [6.45, 7) is 6.31. The third-order valence-electron chi connectivity index (χ3n) is 3.47. The van der Waals surface area contributed by atoms with Gasteiger partial charge in [-0.25, -0.2) is 0 Å². The monoisotopic (exact) mass is 273 g/mol. The maximum absolute atomic E-state index is 5.94. The van der Waals surface area contributed by atoms with Gasteiger partial charge in [0.15, 0.2) is 0 Å². The molecule has 0 saturated heterocycles. The molecule has 0 radical (unpaired) electrons. The lowest BCUT2D eigenvalue weighted by atomic mass is 10.1. The Labute approximate surface area is 120 Å². The van der Waals surface area contributed by atoms with Gasteiger partial charge >= 0.3 is 0 Å². The fourth-order valence-corrected chi connectivity index (χ4v) is 2.35. The lowest BCUT2D eigenvalue weighted by Crippen LogP contribution is -2.30. The van der Waals surface area contributed by atoms with E-state index in [1.165, 1.54) is 0 Å². The first kappa shape index (κ1) is 14.7. The van der Waals surface area contributed by atoms with Crippen LogP contribution >= 0.6 is 0 Å². The Morgan fingerprint density at radius 1 is 1.40 bits per heavy atom. The van der Waals surface area contributed by atoms with Crippen molar-refractivity contribution in [3.05, 3.63) is 47.5 Å². The summed E-state index contributed by atoms with van der Waals surface area (Å²) < 4.78 is 1.93. The zero-order valence-corrected chi connectivity index (χ0v) is 12.5. The maximum Gasteiger partial charge on any atom is 0.0547 e. The molecule has 1 unspecified atom stereocenters. The van der Waals surface area contributed by atoms with Crippen molar-refractivity contribution in [3.63, 3.8) is 0 Å². The topological polar surface area (TPSA) is 60.0 Å². The Balaban J connectivity index is 2.10. The summed E-state index contributed by atoms with van der Waals surface area (Å²) >= 11 is 0. The average Bonchev–Trinajstić information content (AvgIpc) is 2.88. The summed E-state index contributed by atoms with van der Waals surface area (Å²) in [5.74, 6) is 0. The number of nitrogens with zero attached hydrogens (tertiary/aromatic N) is 4. The largest absolute Gasteiger partial charge is 0.329 e. The third-order valence-corrected chi connectivity index (χ3v) is 3.47. The SMILES string of the molecule is CCn1cc(C(CN)N(C)Cc2cccc(C)n2)cn1. The molecule has 2 aromatic heterocycles. The average molecular weight is 273 g/mol. The Hall–Kier alpha value is -1.72. The van der Waals surface area contributed by atoms with Crippen LogP contribution in [0.15, 0.2) is 30.6 Å². The highest BCUT2D eigenvalue weighted by Crippen LogP contribution is 2.19. The number of hydrogen-bond acceptors (Lipinski definition) is 4. The molecule has 0 spiro atoms. The van der Waals surface area contributed by atoms with Crippen molar-refractivity contribution in [1.29, 1.82) is 0 Å². The molecule has 0 aromatic carbocycles. The van der Waals surface area contributed by atoms with E-state index >= 15 is 0 Å². The molecular formula is C15H23N5. The number of rotatable bonds is 6. The lowest BCUT2D eigenvalue weighted by Gasteiger charge is -2.25. The molecule has 5 heteroatoms. The first-order valence-electron chi connectivity index (χ1n) is 6.99. The summed E-state index contributed by atoms with van der Waals surface area (Å²) in [6.07, 6.45) is 3.97. The lowest BCUT2D eigenvalue weighted by molar-refractivity contribution is 0.239. The quantitative estimate of drug-likeness (QED) is 0.871. The summed E-state index contributed by atoms with van der Waals surface area (Å²) in [5.41, 5.74) is 9.20. The van der Waals surface area contributed by atoms with E-state index in [4.69, 9.17) is 5.73 Å². The van der Waals surface area contributed by atoms with Gasteiger partial charge in [0.2, 0.25) is 0 Å². The van der Waals surface area contributed by atoms with Crippen LogP contribution in [0.2, 0.25) is 0 Å². The highest BCUT2D eigenvalue weighted by molar-refractivity contribution is 5.13. The van der Waals surface area contributed by atoms with Crippen molar-refractivity contribution in [2.45, 2.75) is 33.0 Å². The van der Waals surface area contributed by atoms with Gasteiger partial charge in [-0.3, -0.25) is 14.6 Å². The fourth-order valence-electron chi connectivity index (χ4n) is 2.35. The molecule has 108 valence electrons. The summed E-state index contributed by atoms with van der Waals surface area (Å²) in [7, 11) is 2.07. The van der Waals surface area contributed by atoms with Crippen molar-refractivity contribution in [2.24, 2.45) is 5.73 Å². The summed E-state index contributed by atoms with van der Waals surface area (Å²) in [4.78, 5) is 6.76. The van der Waals surface area contributed by atoms with Crippen molar-refractivity contribution in [3.8, 4) is 0 Å². The number of nitrogens with two attached hydrogens (primary N) is 1. The Bertz CT molecular complexity index is 549. The van der Waals surface area contributed by atoms with Crippen molar-refractivity contribution >= 4 is 0 Å². The highest BCUT2D eigenvalue weighted by atomic mass is 15.3. The van der Waals surface area contributed by atoms with E-state index in [0.717, 1.165) is 30.0 Å². The Morgan fingerprint density at radius 2 is 2.20 bits per heavy atom. The molecule has 5 nitrogen and oxygen atoms in total. The molecule has 0 aliphatic carbocycles. The molecule has 20 heavy (non-hydrogen) atoms. The van der Waals surface area contributed by atoms with E-state index in [-0.39, 0.29) is 6.04 Å². The van der Waals surface area contributed by atoms with E-state index in [9.17, 15) is 0 Å². The maximum atomic E-state index is 5.94. The second-order valence-corrected chi connectivity index (χ2v) is 5.07. The minimum Gasteiger partial charge on any atom is -0.329 e. The van der Waals surface area contributed by atoms with Crippen LogP contribution in [0, 0.1) is 6.92 Å². The summed E-state index contributed by atoms with van der Waals surface area (Å²) in [6, 6.07) is 6.26. The van der Waals surface area contributed by atoms with Crippen LogP contribution in [0.25, 0.3) is 0 Å². The van der Waals surface area contributed by atoms with Crippen LogP contribution in [0.3, 0.4) is 0 Å². The number of aryl methyl sites for hydroxylation is 2. The van der Waals surface area contributed by atoms with E-state index in [1.54, 1.807) is 0 Å². The van der Waals surface area contributed by atoms with E-state index in [1.807, 2.05) is 36.0 Å². The van der Waals surface area contributed by atoms with E-state index < -0.39 is 0 Å². The summed E-state index contributed by atoms with van der Waals surface area (Å²) in [5, 5.41) is 4.33. The molecule has 2 heterocycles. The molecule has 2 rings (SSSR count). The molecule has 0 fully saturated rings. The second-order valence-electron chi connectivity index (χ2n) is 5.07. The molecule has 0 amide bonds. The number of likely N-dealkylation sites (N-methyl/N-ethyl adjacent to an activating group) is 1. The van der Waals surface area contributed by atoms with Crippen molar-refractivity contribution < 1.29 is 0 Å². The Kier molecular flexibility index (Phi) is 4.87. The molecule has 0 aliphatic rings. The predicted molar refractivity (Wildman–Crippen MR) is 80.1 cm³/mol. The number of pyridine rings is 1. The molecule has 0 aliphatic heterocycles. The zero-order chi connectivity index (χ0) is 14.5. The number of aromatic nitrogens is 3. The third kappa shape index (κ3) is 3.43. The minimum absolute atomic E-state index is 0.164. The second kappa shape index (κ2) is 6.63. The van der Waals surface area contributed by atoms with Crippen LogP contribution < -0.4 is 5.73 Å². The highest BCUT2D eigenvalue weighted by Gasteiger charge is 2.17. The van der Waals surface area contributed by atoms with Gasteiger partial charge in [-0.15, -0.1) is 0 Å². The van der Waals surface area contributed by atoms with Crippen LogP contribution in [0.4, 0.5) is 0 Å². The Morgan fingerprint density at radius 3 is 2.80 bits per heavy atom. The van der Waals surface area contributed by atoms with Gasteiger partial charge in [-0.1, -0.05) is 6.07 Å². The smallest absolute Gasteiger partial charge is 0.0547 e. The standard InChI is InChI=1S/C15H23N5/c1-4-20-10-13(9-17-20)15(8-16)19(3)11-14-7-5-6-12(2)18-14/h5-7,9-10,15H,4,8,11,16H2,1-3H3. The molecule has 0 saturated carbocycles. The van der Waals surface area contributed by atoms with Gasteiger partial charge < -0.3 is 5.73 Å². The predicted octanol–water partition coefficient (Wildman–Crippen LogP) is 1.74. The van der Waals surface area contributed by atoms with E-state index in [0.29, 0.717) is 6.54 Å². The van der Waals surface area contributed by atoms with Gasteiger partial charge in [-0.2, -0.15) is 5.10 Å². The van der Waals surface area contributed by atoms with Crippen LogP contribution in [0.1, 0.15) is 29.9 Å². The first-order valence-corrected chi connectivity index (χ1v) is 6.99. The molecular weight excluding hydrogens is 250 g/mol. The van der Waals surface area contributed by atoms with Crippen LogP contribution in [-0.4, -0.2) is 33.3 Å². The normalized spacial score (nSPS) is 12.8. The number of hydrogen-bond donors (Lipinski definition) is 1. The fraction of sp³-hybridized carbons (Fsp3) is 0.467. The zero-order valence-electron chi connectivity index (χ0n) is 12.5. The van der Waals surface area contributed by atoms with Gasteiger partial charge in [0.1, 0.15) is 0 Å². The van der Waals surface area contributed by atoms with Gasteiger partial charge in [0.25, 0.3) is 0 Å². The molecule has 2 N–H and O–H groups in total. The molecule has 2 aromatic rings. The molecule has 0 bridgehead atoms.